The maximum atomic E-state index is 12.2. The lowest BCUT2D eigenvalue weighted by molar-refractivity contribution is -0.166. The molecular weight excluding hydrogens is 358 g/mol. The molecule has 0 aromatic carbocycles. The largest absolute Gasteiger partial charge is 0.479 e. The molecule has 0 saturated carbocycles. The summed E-state index contributed by atoms with van der Waals surface area (Å²) >= 11 is 5.09. The lowest BCUT2D eigenvalue weighted by Gasteiger charge is -2.35. The zero-order chi connectivity index (χ0) is 15.4. The molecule has 5 nitrogen and oxygen atoms in total. The van der Waals surface area contributed by atoms with E-state index in [-0.39, 0.29) is 18.6 Å². The van der Waals surface area contributed by atoms with E-state index in [1.807, 2.05) is 6.07 Å². The molecule has 1 saturated heterocycles. The Morgan fingerprint density at radius 2 is 2.24 bits per heavy atom. The van der Waals surface area contributed by atoms with Crippen LogP contribution in [0.5, 0.6) is 0 Å². The standard InChI is InChI=1S/C14H18BrNO4S/c1-9-7-16(8-11(20-9)14(18)19)13(17)4-2-3-10-5-6-12(15)21-10/h5-6,9,11H,2-4,7-8H2,1H3,(H,18,19)/t9-,11?/m1/s1. The van der Waals surface area contributed by atoms with Crippen LogP contribution in [0.25, 0.3) is 0 Å². The van der Waals surface area contributed by atoms with Gasteiger partial charge in [-0.25, -0.2) is 4.79 Å². The summed E-state index contributed by atoms with van der Waals surface area (Å²) in [7, 11) is 0. The number of rotatable bonds is 5. The molecule has 2 atom stereocenters. The highest BCUT2D eigenvalue weighted by atomic mass is 79.9. The van der Waals surface area contributed by atoms with Crippen LogP contribution in [-0.2, 0) is 20.7 Å². The van der Waals surface area contributed by atoms with Crippen molar-refractivity contribution >= 4 is 39.1 Å². The van der Waals surface area contributed by atoms with Gasteiger partial charge in [0.2, 0.25) is 5.91 Å². The molecule has 0 spiro atoms. The molecule has 0 radical (unpaired) electrons. The smallest absolute Gasteiger partial charge is 0.334 e. The fraction of sp³-hybridized carbons (Fsp3) is 0.571. The molecule has 1 amide bonds. The van der Waals surface area contributed by atoms with Gasteiger partial charge >= 0.3 is 5.97 Å². The number of carboxylic acid groups (broad SMARTS) is 1. The van der Waals surface area contributed by atoms with Gasteiger partial charge in [-0.05, 0) is 47.8 Å². The highest BCUT2D eigenvalue weighted by molar-refractivity contribution is 9.11. The Hall–Kier alpha value is -0.920. The van der Waals surface area contributed by atoms with Crippen molar-refractivity contribution < 1.29 is 19.4 Å². The molecule has 1 aromatic heterocycles. The number of morpholine rings is 1. The van der Waals surface area contributed by atoms with Gasteiger partial charge in [0.15, 0.2) is 6.10 Å². The Balaban J connectivity index is 1.80. The van der Waals surface area contributed by atoms with Gasteiger partial charge in [-0.3, -0.25) is 4.79 Å². The second-order valence-electron chi connectivity index (χ2n) is 5.13. The maximum Gasteiger partial charge on any atom is 0.334 e. The van der Waals surface area contributed by atoms with E-state index in [4.69, 9.17) is 9.84 Å². The summed E-state index contributed by atoms with van der Waals surface area (Å²) in [6.45, 7) is 2.40. The Kier molecular flexibility index (Phi) is 5.78. The first-order valence-corrected chi connectivity index (χ1v) is 8.47. The summed E-state index contributed by atoms with van der Waals surface area (Å²) in [5.74, 6) is -1.00. The minimum Gasteiger partial charge on any atom is -0.479 e. The van der Waals surface area contributed by atoms with Crippen molar-refractivity contribution in [1.82, 2.24) is 4.90 Å². The number of hydrogen-bond donors (Lipinski definition) is 1. The van der Waals surface area contributed by atoms with Crippen LogP contribution >= 0.6 is 27.3 Å². The van der Waals surface area contributed by atoms with Gasteiger partial charge < -0.3 is 14.7 Å². The number of thiophene rings is 1. The first kappa shape index (κ1) is 16.5. The highest BCUT2D eigenvalue weighted by Gasteiger charge is 2.32. The molecule has 0 bridgehead atoms. The van der Waals surface area contributed by atoms with Crippen molar-refractivity contribution in [1.29, 1.82) is 0 Å². The van der Waals surface area contributed by atoms with Crippen molar-refractivity contribution in [2.75, 3.05) is 13.1 Å². The summed E-state index contributed by atoms with van der Waals surface area (Å²) in [5, 5.41) is 9.02. The number of ether oxygens (including phenoxy) is 1. The van der Waals surface area contributed by atoms with Gasteiger partial charge in [-0.1, -0.05) is 0 Å². The number of aryl methyl sites for hydroxylation is 1. The molecule has 2 rings (SSSR count). The van der Waals surface area contributed by atoms with Gasteiger partial charge in [0, 0.05) is 17.8 Å². The summed E-state index contributed by atoms with van der Waals surface area (Å²) in [4.78, 5) is 26.0. The van der Waals surface area contributed by atoms with Gasteiger partial charge in [0.05, 0.1) is 16.4 Å². The van der Waals surface area contributed by atoms with Crippen molar-refractivity contribution in [3.63, 3.8) is 0 Å². The van der Waals surface area contributed by atoms with Crippen LogP contribution in [0.2, 0.25) is 0 Å². The number of hydrogen-bond acceptors (Lipinski definition) is 4. The van der Waals surface area contributed by atoms with Crippen molar-refractivity contribution in [3.05, 3.63) is 20.8 Å². The number of halogens is 1. The molecule has 116 valence electrons. The summed E-state index contributed by atoms with van der Waals surface area (Å²) in [6.07, 6.45) is 0.927. The van der Waals surface area contributed by atoms with Gasteiger partial charge in [0.1, 0.15) is 0 Å². The monoisotopic (exact) mass is 375 g/mol. The van der Waals surface area contributed by atoms with Crippen molar-refractivity contribution in [3.8, 4) is 0 Å². The predicted octanol–water partition coefficient (Wildman–Crippen LogP) is 2.53. The average Bonchev–Trinajstić information content (AvgIpc) is 2.83. The second-order valence-corrected chi connectivity index (χ2v) is 7.68. The Bertz CT molecular complexity index is 519. The van der Waals surface area contributed by atoms with E-state index in [2.05, 4.69) is 22.0 Å². The zero-order valence-corrected chi connectivity index (χ0v) is 14.2. The topological polar surface area (TPSA) is 66.8 Å². The summed E-state index contributed by atoms with van der Waals surface area (Å²) in [6, 6.07) is 4.05. The first-order valence-electron chi connectivity index (χ1n) is 6.86. The quantitative estimate of drug-likeness (QED) is 0.858. The summed E-state index contributed by atoms with van der Waals surface area (Å²) in [5.41, 5.74) is 0. The third-order valence-corrected chi connectivity index (χ3v) is 5.01. The van der Waals surface area contributed by atoms with Crippen LogP contribution in [0.15, 0.2) is 15.9 Å². The minimum atomic E-state index is -1.01. The first-order chi connectivity index (χ1) is 9.95. The fourth-order valence-electron chi connectivity index (χ4n) is 2.35. The molecule has 21 heavy (non-hydrogen) atoms. The summed E-state index contributed by atoms with van der Waals surface area (Å²) < 4.78 is 6.40. The third kappa shape index (κ3) is 4.79. The maximum absolute atomic E-state index is 12.2. The molecule has 7 heteroatoms. The number of carbonyl (C=O) groups is 2. The van der Waals surface area contributed by atoms with Crippen LogP contribution in [0, 0.1) is 0 Å². The average molecular weight is 376 g/mol. The fourth-order valence-corrected chi connectivity index (χ4v) is 3.87. The lowest BCUT2D eigenvalue weighted by Crippen LogP contribution is -2.51. The number of nitrogens with zero attached hydrogens (tertiary/aromatic N) is 1. The number of aliphatic carboxylic acids is 1. The molecule has 1 aromatic rings. The van der Waals surface area contributed by atoms with Crippen LogP contribution < -0.4 is 0 Å². The molecule has 2 heterocycles. The predicted molar refractivity (Wildman–Crippen MR) is 83.5 cm³/mol. The van der Waals surface area contributed by atoms with E-state index in [1.165, 1.54) is 4.88 Å². The van der Waals surface area contributed by atoms with Crippen molar-refractivity contribution in [2.24, 2.45) is 0 Å². The van der Waals surface area contributed by atoms with Gasteiger partial charge in [-0.2, -0.15) is 0 Å². The molecule has 1 N–H and O–H groups in total. The number of amides is 1. The molecule has 1 aliphatic rings. The SMILES string of the molecule is C[C@@H]1CN(C(=O)CCCc2ccc(Br)s2)CC(C(=O)O)O1. The van der Waals surface area contributed by atoms with Crippen LogP contribution in [0.4, 0.5) is 0 Å². The number of carboxylic acids is 1. The van der Waals surface area contributed by atoms with Crippen molar-refractivity contribution in [2.45, 2.75) is 38.4 Å². The molecule has 1 unspecified atom stereocenters. The zero-order valence-electron chi connectivity index (χ0n) is 11.8. The Morgan fingerprint density at radius 3 is 2.86 bits per heavy atom. The Morgan fingerprint density at radius 1 is 1.48 bits per heavy atom. The van der Waals surface area contributed by atoms with Gasteiger partial charge in [0.25, 0.3) is 0 Å². The van der Waals surface area contributed by atoms with E-state index in [0.29, 0.717) is 13.0 Å². The molecular formula is C14H18BrNO4S. The van der Waals surface area contributed by atoms with E-state index in [0.717, 1.165) is 16.6 Å². The lowest BCUT2D eigenvalue weighted by atomic mass is 10.1. The van der Waals surface area contributed by atoms with Crippen LogP contribution in [0.3, 0.4) is 0 Å². The van der Waals surface area contributed by atoms with E-state index in [9.17, 15) is 9.59 Å². The highest BCUT2D eigenvalue weighted by Crippen LogP contribution is 2.23. The van der Waals surface area contributed by atoms with E-state index in [1.54, 1.807) is 23.2 Å². The molecule has 0 aliphatic carbocycles. The second kappa shape index (κ2) is 7.38. The third-order valence-electron chi connectivity index (χ3n) is 3.33. The Labute approximate surface area is 136 Å². The van der Waals surface area contributed by atoms with Gasteiger partial charge in [-0.15, -0.1) is 11.3 Å². The van der Waals surface area contributed by atoms with Crippen LogP contribution in [-0.4, -0.2) is 47.2 Å². The molecule has 1 aliphatic heterocycles. The molecule has 1 fully saturated rings. The normalized spacial score (nSPS) is 22.3. The van der Waals surface area contributed by atoms with E-state index >= 15 is 0 Å². The van der Waals surface area contributed by atoms with Crippen LogP contribution in [0.1, 0.15) is 24.6 Å². The number of carbonyl (C=O) groups excluding carboxylic acids is 1. The minimum absolute atomic E-state index is 0.00650. The van der Waals surface area contributed by atoms with E-state index < -0.39 is 12.1 Å².